The summed E-state index contributed by atoms with van der Waals surface area (Å²) in [4.78, 5) is 11.9. The fourth-order valence-corrected chi connectivity index (χ4v) is 14.0. The number of aliphatic hydroxyl groups is 1. The molecule has 0 amide bonds. The van der Waals surface area contributed by atoms with Crippen molar-refractivity contribution in [3.8, 4) is 0 Å². The van der Waals surface area contributed by atoms with Crippen LogP contribution in [0.4, 0.5) is 0 Å². The third-order valence-electron chi connectivity index (χ3n) is 20.1. The number of hydrogen-bond acceptors (Lipinski definition) is 3. The smallest absolute Gasteiger partial charge is 0.309 e. The molecule has 0 aromatic carbocycles. The Balaban J connectivity index is 1.71. The fraction of sp³-hybridized carbons (Fsp3) is 0.987. The van der Waals surface area contributed by atoms with Crippen molar-refractivity contribution in [2.45, 2.75) is 489 Å². The molecule has 0 aromatic rings. The Labute approximate surface area is 523 Å². The molecule has 1 aliphatic rings. The van der Waals surface area contributed by atoms with E-state index in [0.717, 1.165) is 31.6 Å². The standard InChI is InChI=1S/C79H156O4/c1-4-6-8-10-12-14-16-18-20-22-38-42-46-50-54-58-62-66-70-74(3)78-77(83-78)73-69-65-61-57-53-49-45-41-37-35-33-31-29-27-25-24-26-28-30-32-34-36-40-44-48-52-56-60-64-68-72-76(80)75(79(81)82)71-67-63-59-55-51-47-43-39-23-21-19-17-15-13-11-9-7-5-2/h74-78,80H,4-73H2,1-3H3,(H,81,82). The third-order valence-corrected chi connectivity index (χ3v) is 20.1. The fourth-order valence-electron chi connectivity index (χ4n) is 14.0. The lowest BCUT2D eigenvalue weighted by molar-refractivity contribution is -0.146. The van der Waals surface area contributed by atoms with Crippen molar-refractivity contribution in [2.24, 2.45) is 11.8 Å². The van der Waals surface area contributed by atoms with E-state index in [1.54, 1.807) is 0 Å². The zero-order valence-corrected chi connectivity index (χ0v) is 57.6. The van der Waals surface area contributed by atoms with Crippen LogP contribution in [0.3, 0.4) is 0 Å². The predicted molar refractivity (Wildman–Crippen MR) is 369 cm³/mol. The lowest BCUT2D eigenvalue weighted by Gasteiger charge is -2.19. The van der Waals surface area contributed by atoms with Gasteiger partial charge in [0, 0.05) is 0 Å². The number of rotatable bonds is 74. The van der Waals surface area contributed by atoms with Gasteiger partial charge in [-0.3, -0.25) is 4.79 Å². The minimum absolute atomic E-state index is 0.582. The first-order valence-electron chi connectivity index (χ1n) is 39.6. The molecule has 1 fully saturated rings. The molecule has 1 heterocycles. The van der Waals surface area contributed by atoms with Gasteiger partial charge in [0.05, 0.1) is 24.2 Å². The molecular formula is C79H156O4. The van der Waals surface area contributed by atoms with Crippen molar-refractivity contribution in [2.75, 3.05) is 0 Å². The van der Waals surface area contributed by atoms with E-state index in [1.807, 2.05) is 0 Å². The Kier molecular flexibility index (Phi) is 65.2. The maximum absolute atomic E-state index is 11.9. The molecule has 1 rings (SSSR count). The van der Waals surface area contributed by atoms with Crippen LogP contribution < -0.4 is 0 Å². The number of unbranched alkanes of at least 4 members (excludes halogenated alkanes) is 63. The summed E-state index contributed by atoms with van der Waals surface area (Å²) in [7, 11) is 0. The Morgan fingerprint density at radius 1 is 0.289 bits per heavy atom. The van der Waals surface area contributed by atoms with Crippen LogP contribution in [0.5, 0.6) is 0 Å². The van der Waals surface area contributed by atoms with Crippen LogP contribution in [0.2, 0.25) is 0 Å². The second kappa shape index (κ2) is 67.3. The average Bonchev–Trinajstić information content (AvgIpc) is 4.45. The van der Waals surface area contributed by atoms with Gasteiger partial charge in [-0.1, -0.05) is 445 Å². The van der Waals surface area contributed by atoms with E-state index in [-0.39, 0.29) is 0 Å². The number of carboxylic acids is 1. The van der Waals surface area contributed by atoms with E-state index >= 15 is 0 Å². The molecule has 1 aliphatic heterocycles. The molecule has 4 heteroatoms. The van der Waals surface area contributed by atoms with E-state index in [4.69, 9.17) is 4.74 Å². The summed E-state index contributed by atoms with van der Waals surface area (Å²) < 4.78 is 6.15. The van der Waals surface area contributed by atoms with Crippen LogP contribution in [0.1, 0.15) is 470 Å². The summed E-state index contributed by atoms with van der Waals surface area (Å²) in [5, 5.41) is 20.5. The lowest BCUT2D eigenvalue weighted by atomic mass is 9.91. The molecular weight excluding hydrogens is 1010 g/mol. The molecule has 1 saturated heterocycles. The summed E-state index contributed by atoms with van der Waals surface area (Å²) in [5.41, 5.74) is 0. The van der Waals surface area contributed by atoms with Gasteiger partial charge in [0.2, 0.25) is 0 Å². The number of hydrogen-bond donors (Lipinski definition) is 2. The van der Waals surface area contributed by atoms with Crippen LogP contribution in [0, 0.1) is 11.8 Å². The lowest BCUT2D eigenvalue weighted by Crippen LogP contribution is -2.28. The molecule has 0 bridgehead atoms. The summed E-state index contributed by atoms with van der Waals surface area (Å²) in [6.07, 6.45) is 96.8. The number of aliphatic hydroxyl groups excluding tert-OH is 1. The van der Waals surface area contributed by atoms with E-state index in [1.165, 1.54) is 411 Å². The van der Waals surface area contributed by atoms with Crippen molar-refractivity contribution in [1.82, 2.24) is 0 Å². The van der Waals surface area contributed by atoms with Gasteiger partial charge >= 0.3 is 5.97 Å². The molecule has 5 atom stereocenters. The zero-order chi connectivity index (χ0) is 59.7. The molecule has 4 nitrogen and oxygen atoms in total. The van der Waals surface area contributed by atoms with Crippen molar-refractivity contribution in [3.05, 3.63) is 0 Å². The first kappa shape index (κ1) is 80.4. The van der Waals surface area contributed by atoms with Gasteiger partial charge in [-0.15, -0.1) is 0 Å². The minimum atomic E-state index is -0.800. The van der Waals surface area contributed by atoms with Crippen LogP contribution in [-0.2, 0) is 9.53 Å². The summed E-state index contributed by atoms with van der Waals surface area (Å²) in [6, 6.07) is 0. The highest BCUT2D eigenvalue weighted by molar-refractivity contribution is 5.70. The number of carbonyl (C=O) groups is 1. The Morgan fingerprint density at radius 2 is 0.482 bits per heavy atom. The number of epoxide rings is 1. The number of carboxylic acid groups (broad SMARTS) is 1. The van der Waals surface area contributed by atoms with Gasteiger partial charge in [-0.05, 0) is 31.6 Å². The average molecular weight is 1170 g/mol. The third kappa shape index (κ3) is 60.1. The molecule has 83 heavy (non-hydrogen) atoms. The normalized spacial score (nSPS) is 15.4. The van der Waals surface area contributed by atoms with Gasteiger partial charge in [0.25, 0.3) is 0 Å². The quantitative estimate of drug-likeness (QED) is 0.0470. The molecule has 496 valence electrons. The summed E-state index contributed by atoms with van der Waals surface area (Å²) >= 11 is 0. The number of ether oxygens (including phenoxy) is 1. The highest BCUT2D eigenvalue weighted by Gasteiger charge is 2.41. The zero-order valence-electron chi connectivity index (χ0n) is 57.6. The summed E-state index contributed by atoms with van der Waals surface area (Å²) in [5.74, 6) is -0.612. The number of aliphatic carboxylic acids is 1. The van der Waals surface area contributed by atoms with Crippen molar-refractivity contribution in [3.63, 3.8) is 0 Å². The van der Waals surface area contributed by atoms with Crippen molar-refractivity contribution >= 4 is 5.97 Å². The van der Waals surface area contributed by atoms with Gasteiger partial charge in [-0.25, -0.2) is 0 Å². The molecule has 2 N–H and O–H groups in total. The Hall–Kier alpha value is -0.610. The van der Waals surface area contributed by atoms with E-state index in [0.29, 0.717) is 25.0 Å². The van der Waals surface area contributed by atoms with Gasteiger partial charge in [0.15, 0.2) is 0 Å². The SMILES string of the molecule is CCCCCCCCCCCCCCCCCCCCC(C)C1OC1CCCCCCCCCCCCCCCCCCCCCCCCCCCCCCCCC(O)C(CCCCCCCCCCCCCCCCCCCC)C(=O)O. The topological polar surface area (TPSA) is 70.1 Å². The van der Waals surface area contributed by atoms with Crippen molar-refractivity contribution in [1.29, 1.82) is 0 Å². The Morgan fingerprint density at radius 3 is 0.711 bits per heavy atom. The van der Waals surface area contributed by atoms with E-state index in [9.17, 15) is 15.0 Å². The van der Waals surface area contributed by atoms with Crippen molar-refractivity contribution < 1.29 is 19.7 Å². The van der Waals surface area contributed by atoms with E-state index in [2.05, 4.69) is 20.8 Å². The second-order valence-electron chi connectivity index (χ2n) is 28.4. The first-order chi connectivity index (χ1) is 41.0. The largest absolute Gasteiger partial charge is 0.481 e. The van der Waals surface area contributed by atoms with Crippen LogP contribution in [0.25, 0.3) is 0 Å². The second-order valence-corrected chi connectivity index (χ2v) is 28.4. The Bertz CT molecular complexity index is 1220. The van der Waals surface area contributed by atoms with Crippen LogP contribution in [0.15, 0.2) is 0 Å². The molecule has 0 saturated carbocycles. The molecule has 0 aliphatic carbocycles. The highest BCUT2D eigenvalue weighted by atomic mass is 16.6. The molecule has 0 radical (unpaired) electrons. The van der Waals surface area contributed by atoms with Gasteiger partial charge in [-0.2, -0.15) is 0 Å². The minimum Gasteiger partial charge on any atom is -0.481 e. The maximum Gasteiger partial charge on any atom is 0.309 e. The van der Waals surface area contributed by atoms with Crippen LogP contribution >= 0.6 is 0 Å². The maximum atomic E-state index is 11.9. The van der Waals surface area contributed by atoms with Gasteiger partial charge < -0.3 is 14.9 Å². The molecule has 0 spiro atoms. The predicted octanol–water partition coefficient (Wildman–Crippen LogP) is 27.8. The van der Waals surface area contributed by atoms with E-state index < -0.39 is 18.0 Å². The highest BCUT2D eigenvalue weighted by Crippen LogP contribution is 2.36. The van der Waals surface area contributed by atoms with Gasteiger partial charge in [0.1, 0.15) is 0 Å². The molecule has 5 unspecified atom stereocenters. The van der Waals surface area contributed by atoms with Crippen LogP contribution in [-0.4, -0.2) is 34.5 Å². The first-order valence-corrected chi connectivity index (χ1v) is 39.6. The summed E-state index contributed by atoms with van der Waals surface area (Å²) in [6.45, 7) is 7.06. The molecule has 0 aromatic heterocycles. The monoisotopic (exact) mass is 1170 g/mol.